The summed E-state index contributed by atoms with van der Waals surface area (Å²) in [5.74, 6) is 0.979. The highest BCUT2D eigenvalue weighted by Gasteiger charge is 2.22. The van der Waals surface area contributed by atoms with E-state index in [1.165, 1.54) is 25.6 Å². The predicted octanol–water partition coefficient (Wildman–Crippen LogP) is 1.51. The molecule has 2 rings (SSSR count). The minimum absolute atomic E-state index is 0.300. The number of aromatic nitrogens is 2. The van der Waals surface area contributed by atoms with Gasteiger partial charge in [-0.1, -0.05) is 0 Å². The summed E-state index contributed by atoms with van der Waals surface area (Å²) in [5.41, 5.74) is 6.21. The molecule has 0 saturated heterocycles. The van der Waals surface area contributed by atoms with Crippen LogP contribution in [-0.2, 0) is 18.2 Å². The Morgan fingerprint density at radius 1 is 1.52 bits per heavy atom. The molecule has 0 amide bonds. The molecule has 0 fully saturated rings. The van der Waals surface area contributed by atoms with Crippen molar-refractivity contribution in [3.63, 3.8) is 0 Å². The van der Waals surface area contributed by atoms with Crippen LogP contribution in [0.25, 0.3) is 0 Å². The predicted molar refractivity (Wildman–Crippen MR) is 82.0 cm³/mol. The second-order valence-electron chi connectivity index (χ2n) is 4.33. The number of hydrogen-bond acceptors (Lipinski definition) is 7. The van der Waals surface area contributed by atoms with Gasteiger partial charge in [-0.3, -0.25) is 0 Å². The molecule has 7 nitrogen and oxygen atoms in total. The highest BCUT2D eigenvalue weighted by atomic mass is 32.1. The second kappa shape index (κ2) is 6.49. The van der Waals surface area contributed by atoms with Crippen molar-refractivity contribution in [3.8, 4) is 5.75 Å². The van der Waals surface area contributed by atoms with E-state index in [1.807, 2.05) is 17.8 Å². The Labute approximate surface area is 126 Å². The van der Waals surface area contributed by atoms with Gasteiger partial charge in [0.25, 0.3) is 0 Å². The number of carbonyl (C=O) groups excluding carboxylic acids is 1. The maximum absolute atomic E-state index is 11.6. The topological polar surface area (TPSA) is 91.4 Å². The molecule has 3 N–H and O–H groups in total. The number of imidazole rings is 1. The van der Waals surface area contributed by atoms with Crippen LogP contribution in [0.5, 0.6) is 5.75 Å². The van der Waals surface area contributed by atoms with Crippen molar-refractivity contribution in [2.24, 2.45) is 7.05 Å². The molecule has 2 heterocycles. The van der Waals surface area contributed by atoms with Crippen LogP contribution < -0.4 is 15.8 Å². The zero-order valence-electron chi connectivity index (χ0n) is 12.2. The number of aryl methyl sites for hydroxylation is 1. The largest absolute Gasteiger partial charge is 0.492 e. The number of rotatable bonds is 6. The van der Waals surface area contributed by atoms with E-state index in [4.69, 9.17) is 15.2 Å². The molecular formula is C13H18N4O3S. The van der Waals surface area contributed by atoms with Gasteiger partial charge in [0.15, 0.2) is 5.75 Å². The summed E-state index contributed by atoms with van der Waals surface area (Å²) in [7, 11) is 4.78. The summed E-state index contributed by atoms with van der Waals surface area (Å²) in [4.78, 5) is 16.2. The summed E-state index contributed by atoms with van der Waals surface area (Å²) < 4.78 is 11.9. The standard InChI is InChI=1S/C13H18N4O3S/c1-17-7-6-15-8(17)4-5-16-12-10(19-2)9(14)11(21-12)13(18)20-3/h6-7,16H,4-5,14H2,1-3H3. The molecule has 114 valence electrons. The molecule has 0 aliphatic rings. The number of carbonyl (C=O) groups is 1. The van der Waals surface area contributed by atoms with E-state index in [1.54, 1.807) is 6.20 Å². The molecule has 0 spiro atoms. The highest BCUT2D eigenvalue weighted by molar-refractivity contribution is 7.19. The number of esters is 1. The number of methoxy groups -OCH3 is 2. The first-order valence-electron chi connectivity index (χ1n) is 6.33. The van der Waals surface area contributed by atoms with Gasteiger partial charge < -0.3 is 25.1 Å². The van der Waals surface area contributed by atoms with Crippen LogP contribution in [0, 0.1) is 0 Å². The molecule has 21 heavy (non-hydrogen) atoms. The van der Waals surface area contributed by atoms with Crippen molar-refractivity contribution in [3.05, 3.63) is 23.1 Å². The smallest absolute Gasteiger partial charge is 0.350 e. The van der Waals surface area contributed by atoms with Crippen LogP contribution in [0.3, 0.4) is 0 Å². The second-order valence-corrected chi connectivity index (χ2v) is 5.35. The molecule has 0 aromatic carbocycles. The van der Waals surface area contributed by atoms with Crippen LogP contribution >= 0.6 is 11.3 Å². The Morgan fingerprint density at radius 2 is 2.29 bits per heavy atom. The Hall–Kier alpha value is -2.22. The van der Waals surface area contributed by atoms with Gasteiger partial charge in [-0.25, -0.2) is 9.78 Å². The first kappa shape index (κ1) is 15.2. The summed E-state index contributed by atoms with van der Waals surface area (Å²) in [6.07, 6.45) is 4.40. The third-order valence-corrected chi connectivity index (χ3v) is 4.15. The van der Waals surface area contributed by atoms with Gasteiger partial charge in [0.05, 0.1) is 14.2 Å². The summed E-state index contributed by atoms with van der Waals surface area (Å²) >= 11 is 1.22. The maximum Gasteiger partial charge on any atom is 0.350 e. The van der Waals surface area contributed by atoms with E-state index in [9.17, 15) is 4.79 Å². The zero-order chi connectivity index (χ0) is 15.4. The van der Waals surface area contributed by atoms with Gasteiger partial charge in [0, 0.05) is 32.4 Å². The average Bonchev–Trinajstić information content (AvgIpc) is 3.02. The van der Waals surface area contributed by atoms with Gasteiger partial charge in [-0.15, -0.1) is 11.3 Å². The first-order chi connectivity index (χ1) is 10.1. The number of anilines is 2. The third kappa shape index (κ3) is 3.10. The summed E-state index contributed by atoms with van der Waals surface area (Å²) in [6.45, 7) is 0.655. The Kier molecular flexibility index (Phi) is 4.69. The van der Waals surface area contributed by atoms with Crippen molar-refractivity contribution < 1.29 is 14.3 Å². The minimum Gasteiger partial charge on any atom is -0.492 e. The fraction of sp³-hybridized carbons (Fsp3) is 0.385. The number of nitrogen functional groups attached to an aromatic ring is 1. The summed E-state index contributed by atoms with van der Waals surface area (Å²) in [5, 5.41) is 3.93. The minimum atomic E-state index is -0.465. The van der Waals surface area contributed by atoms with Crippen LogP contribution in [0.15, 0.2) is 12.4 Å². The van der Waals surface area contributed by atoms with Crippen molar-refractivity contribution >= 4 is 28.0 Å². The fourth-order valence-corrected chi connectivity index (χ4v) is 2.95. The van der Waals surface area contributed by atoms with E-state index in [0.717, 1.165) is 12.2 Å². The molecule has 0 radical (unpaired) electrons. The number of nitrogens with two attached hydrogens (primary N) is 1. The van der Waals surface area contributed by atoms with Crippen LogP contribution in [0.2, 0.25) is 0 Å². The van der Waals surface area contributed by atoms with Gasteiger partial charge >= 0.3 is 5.97 Å². The van der Waals surface area contributed by atoms with Gasteiger partial charge in [-0.05, 0) is 0 Å². The van der Waals surface area contributed by atoms with Crippen LogP contribution in [0.4, 0.5) is 10.7 Å². The lowest BCUT2D eigenvalue weighted by Crippen LogP contribution is -2.08. The quantitative estimate of drug-likeness (QED) is 0.786. The first-order valence-corrected chi connectivity index (χ1v) is 7.14. The molecule has 0 aliphatic heterocycles. The monoisotopic (exact) mass is 310 g/mol. The van der Waals surface area contributed by atoms with E-state index >= 15 is 0 Å². The number of thiophene rings is 1. The van der Waals surface area contributed by atoms with Crippen LogP contribution in [-0.4, -0.2) is 36.3 Å². The SMILES string of the molecule is COC(=O)c1sc(NCCc2nccn2C)c(OC)c1N. The number of ether oxygens (including phenoxy) is 2. The van der Waals surface area contributed by atoms with E-state index in [-0.39, 0.29) is 0 Å². The van der Waals surface area contributed by atoms with Crippen molar-refractivity contribution in [2.75, 3.05) is 31.8 Å². The molecule has 0 unspecified atom stereocenters. The molecular weight excluding hydrogens is 292 g/mol. The lowest BCUT2D eigenvalue weighted by molar-refractivity contribution is 0.0607. The van der Waals surface area contributed by atoms with Crippen molar-refractivity contribution in [1.82, 2.24) is 9.55 Å². The van der Waals surface area contributed by atoms with Gasteiger partial charge in [-0.2, -0.15) is 0 Å². The lowest BCUT2D eigenvalue weighted by Gasteiger charge is -2.07. The number of hydrogen-bond donors (Lipinski definition) is 2. The normalized spacial score (nSPS) is 10.4. The zero-order valence-corrected chi connectivity index (χ0v) is 13.0. The molecule has 0 bridgehead atoms. The third-order valence-electron chi connectivity index (χ3n) is 3.03. The fourth-order valence-electron chi connectivity index (χ4n) is 1.92. The Bertz CT molecular complexity index is 635. The molecule has 2 aromatic rings. The van der Waals surface area contributed by atoms with E-state index in [2.05, 4.69) is 10.3 Å². The lowest BCUT2D eigenvalue weighted by atomic mass is 10.3. The summed E-state index contributed by atoms with van der Waals surface area (Å²) in [6, 6.07) is 0. The number of nitrogens with one attached hydrogen (secondary N) is 1. The average molecular weight is 310 g/mol. The van der Waals surface area contributed by atoms with Gasteiger partial charge in [0.2, 0.25) is 0 Å². The Balaban J connectivity index is 2.09. The Morgan fingerprint density at radius 3 is 2.86 bits per heavy atom. The maximum atomic E-state index is 11.6. The number of nitrogens with zero attached hydrogens (tertiary/aromatic N) is 2. The molecule has 2 aromatic heterocycles. The molecule has 0 saturated carbocycles. The highest BCUT2D eigenvalue weighted by Crippen LogP contribution is 2.42. The van der Waals surface area contributed by atoms with E-state index in [0.29, 0.717) is 27.9 Å². The van der Waals surface area contributed by atoms with E-state index < -0.39 is 5.97 Å². The van der Waals surface area contributed by atoms with Crippen molar-refractivity contribution in [1.29, 1.82) is 0 Å². The molecule has 0 atom stereocenters. The van der Waals surface area contributed by atoms with Gasteiger partial charge in [0.1, 0.15) is 21.4 Å². The van der Waals surface area contributed by atoms with Crippen LogP contribution in [0.1, 0.15) is 15.5 Å². The molecule has 8 heteroatoms. The molecule has 0 aliphatic carbocycles. The van der Waals surface area contributed by atoms with Crippen molar-refractivity contribution in [2.45, 2.75) is 6.42 Å².